The van der Waals surface area contributed by atoms with Crippen LogP contribution in [0.2, 0.25) is 0 Å². The van der Waals surface area contributed by atoms with Gasteiger partial charge in [0.15, 0.2) is 0 Å². The Morgan fingerprint density at radius 3 is 2.84 bits per heavy atom. The van der Waals surface area contributed by atoms with Crippen molar-refractivity contribution in [2.24, 2.45) is 0 Å². The largest absolute Gasteiger partial charge is 0.495 e. The molecular formula is C14H20N2O3. The summed E-state index contributed by atoms with van der Waals surface area (Å²) in [7, 11) is 3.12. The van der Waals surface area contributed by atoms with Crippen LogP contribution in [-0.4, -0.2) is 38.6 Å². The second-order valence-corrected chi connectivity index (χ2v) is 4.22. The van der Waals surface area contributed by atoms with E-state index in [0.29, 0.717) is 37.4 Å². The lowest BCUT2D eigenvalue weighted by atomic mass is 10.1. The van der Waals surface area contributed by atoms with Crippen molar-refractivity contribution in [3.8, 4) is 11.8 Å². The summed E-state index contributed by atoms with van der Waals surface area (Å²) in [4.78, 5) is 0. The minimum absolute atomic E-state index is 0.354. The van der Waals surface area contributed by atoms with Crippen LogP contribution in [0.1, 0.15) is 17.5 Å². The molecule has 0 bridgehead atoms. The lowest BCUT2D eigenvalue weighted by Gasteiger charge is -2.11. The summed E-state index contributed by atoms with van der Waals surface area (Å²) in [5.74, 6) is 0.584. The molecule has 0 heterocycles. The number of hydrogen-bond acceptors (Lipinski definition) is 5. The fourth-order valence-corrected chi connectivity index (χ4v) is 1.72. The third-order valence-electron chi connectivity index (χ3n) is 2.73. The van der Waals surface area contributed by atoms with Gasteiger partial charge in [-0.25, -0.2) is 0 Å². The number of nitriles is 1. The Hall–Kier alpha value is -1.61. The van der Waals surface area contributed by atoms with Crippen LogP contribution < -0.4 is 10.1 Å². The molecule has 0 fully saturated rings. The molecule has 0 aliphatic carbocycles. The molecule has 1 aromatic rings. The van der Waals surface area contributed by atoms with E-state index in [0.717, 1.165) is 5.56 Å². The SMILES string of the molecule is COCC(O)CCNCc1ccc(C#N)c(OC)c1. The van der Waals surface area contributed by atoms with Crippen LogP contribution in [0.15, 0.2) is 18.2 Å². The topological polar surface area (TPSA) is 74.5 Å². The van der Waals surface area contributed by atoms with E-state index in [1.54, 1.807) is 20.3 Å². The van der Waals surface area contributed by atoms with Gasteiger partial charge in [-0.1, -0.05) is 6.07 Å². The van der Waals surface area contributed by atoms with Gasteiger partial charge in [-0.05, 0) is 30.7 Å². The van der Waals surface area contributed by atoms with Crippen molar-refractivity contribution in [1.82, 2.24) is 5.32 Å². The number of aliphatic hydroxyl groups is 1. The number of aliphatic hydroxyl groups excluding tert-OH is 1. The van der Waals surface area contributed by atoms with Crippen LogP contribution in [0.3, 0.4) is 0 Å². The number of hydrogen-bond donors (Lipinski definition) is 2. The van der Waals surface area contributed by atoms with Gasteiger partial charge in [0.25, 0.3) is 0 Å². The smallest absolute Gasteiger partial charge is 0.136 e. The third-order valence-corrected chi connectivity index (χ3v) is 2.73. The fourth-order valence-electron chi connectivity index (χ4n) is 1.72. The maximum absolute atomic E-state index is 9.48. The summed E-state index contributed by atoms with van der Waals surface area (Å²) in [6.45, 7) is 1.72. The molecule has 0 saturated heterocycles. The average molecular weight is 264 g/mol. The van der Waals surface area contributed by atoms with E-state index in [4.69, 9.17) is 14.7 Å². The van der Waals surface area contributed by atoms with Crippen molar-refractivity contribution in [3.63, 3.8) is 0 Å². The lowest BCUT2D eigenvalue weighted by Crippen LogP contribution is -2.23. The first kappa shape index (κ1) is 15.4. The molecule has 0 radical (unpaired) electrons. The zero-order chi connectivity index (χ0) is 14.1. The van der Waals surface area contributed by atoms with Gasteiger partial charge in [0.1, 0.15) is 11.8 Å². The van der Waals surface area contributed by atoms with Gasteiger partial charge < -0.3 is 19.9 Å². The Bertz CT molecular complexity index is 429. The molecule has 0 aliphatic heterocycles. The second kappa shape index (κ2) is 8.48. The van der Waals surface area contributed by atoms with E-state index < -0.39 is 6.10 Å². The quantitative estimate of drug-likeness (QED) is 0.687. The highest BCUT2D eigenvalue weighted by atomic mass is 16.5. The van der Waals surface area contributed by atoms with E-state index in [2.05, 4.69) is 11.4 Å². The number of nitrogens with zero attached hydrogens (tertiary/aromatic N) is 1. The molecule has 1 aromatic carbocycles. The highest BCUT2D eigenvalue weighted by molar-refractivity contribution is 5.45. The van der Waals surface area contributed by atoms with Crippen molar-refractivity contribution >= 4 is 0 Å². The van der Waals surface area contributed by atoms with Crippen molar-refractivity contribution < 1.29 is 14.6 Å². The van der Waals surface area contributed by atoms with Gasteiger partial charge in [-0.15, -0.1) is 0 Å². The molecule has 0 spiro atoms. The molecule has 1 unspecified atom stereocenters. The average Bonchev–Trinajstić information content (AvgIpc) is 2.43. The predicted molar refractivity (Wildman–Crippen MR) is 71.9 cm³/mol. The van der Waals surface area contributed by atoms with Crippen molar-refractivity contribution in [1.29, 1.82) is 5.26 Å². The molecule has 0 aliphatic rings. The molecular weight excluding hydrogens is 244 g/mol. The van der Waals surface area contributed by atoms with E-state index in [9.17, 15) is 5.11 Å². The maximum Gasteiger partial charge on any atom is 0.136 e. The molecule has 19 heavy (non-hydrogen) atoms. The van der Waals surface area contributed by atoms with Gasteiger partial charge in [-0.2, -0.15) is 5.26 Å². The molecule has 0 amide bonds. The fraction of sp³-hybridized carbons (Fsp3) is 0.500. The lowest BCUT2D eigenvalue weighted by molar-refractivity contribution is 0.0594. The summed E-state index contributed by atoms with van der Waals surface area (Å²) >= 11 is 0. The van der Waals surface area contributed by atoms with E-state index >= 15 is 0 Å². The number of ether oxygens (including phenoxy) is 2. The first-order chi connectivity index (χ1) is 9.21. The standard InChI is InChI=1S/C14H20N2O3/c1-18-10-13(17)5-6-16-9-11-3-4-12(8-15)14(7-11)19-2/h3-4,7,13,16-17H,5-6,9-10H2,1-2H3. The molecule has 0 aromatic heterocycles. The monoisotopic (exact) mass is 264 g/mol. The summed E-state index contributed by atoms with van der Waals surface area (Å²) in [5, 5.41) is 21.6. The summed E-state index contributed by atoms with van der Waals surface area (Å²) in [6, 6.07) is 7.56. The summed E-state index contributed by atoms with van der Waals surface area (Å²) in [5.41, 5.74) is 1.57. The first-order valence-electron chi connectivity index (χ1n) is 6.16. The van der Waals surface area contributed by atoms with Crippen molar-refractivity contribution in [2.45, 2.75) is 19.1 Å². The van der Waals surface area contributed by atoms with Crippen LogP contribution in [0, 0.1) is 11.3 Å². The highest BCUT2D eigenvalue weighted by Crippen LogP contribution is 2.18. The Morgan fingerprint density at radius 1 is 1.42 bits per heavy atom. The molecule has 2 N–H and O–H groups in total. The van der Waals surface area contributed by atoms with Crippen LogP contribution in [0.4, 0.5) is 0 Å². The van der Waals surface area contributed by atoms with Gasteiger partial charge in [-0.3, -0.25) is 0 Å². The number of benzene rings is 1. The van der Waals surface area contributed by atoms with Gasteiger partial charge in [0.05, 0.1) is 25.4 Å². The summed E-state index contributed by atoms with van der Waals surface area (Å²) in [6.07, 6.45) is 0.203. The van der Waals surface area contributed by atoms with Crippen LogP contribution in [0.25, 0.3) is 0 Å². The number of rotatable bonds is 8. The Morgan fingerprint density at radius 2 is 2.21 bits per heavy atom. The summed E-state index contributed by atoms with van der Waals surface area (Å²) < 4.78 is 10.00. The molecule has 1 atom stereocenters. The normalized spacial score (nSPS) is 11.9. The van der Waals surface area contributed by atoms with E-state index in [-0.39, 0.29) is 0 Å². The third kappa shape index (κ3) is 5.26. The Balaban J connectivity index is 2.40. The first-order valence-corrected chi connectivity index (χ1v) is 6.16. The minimum Gasteiger partial charge on any atom is -0.495 e. The van der Waals surface area contributed by atoms with Crippen molar-refractivity contribution in [2.75, 3.05) is 27.4 Å². The van der Waals surface area contributed by atoms with E-state index in [1.165, 1.54) is 0 Å². The maximum atomic E-state index is 9.48. The zero-order valence-electron chi connectivity index (χ0n) is 11.3. The van der Waals surface area contributed by atoms with Crippen LogP contribution in [0.5, 0.6) is 5.75 Å². The van der Waals surface area contributed by atoms with Crippen LogP contribution in [-0.2, 0) is 11.3 Å². The van der Waals surface area contributed by atoms with Crippen molar-refractivity contribution in [3.05, 3.63) is 29.3 Å². The predicted octanol–water partition coefficient (Wildman–Crippen LogP) is 1.05. The van der Waals surface area contributed by atoms with Gasteiger partial charge in [0, 0.05) is 13.7 Å². The van der Waals surface area contributed by atoms with E-state index in [1.807, 2.05) is 12.1 Å². The molecule has 0 saturated carbocycles. The van der Waals surface area contributed by atoms with Gasteiger partial charge >= 0.3 is 0 Å². The Labute approximate surface area is 113 Å². The Kier molecular flexibility index (Phi) is 6.90. The minimum atomic E-state index is -0.437. The molecule has 5 nitrogen and oxygen atoms in total. The second-order valence-electron chi connectivity index (χ2n) is 4.22. The van der Waals surface area contributed by atoms with Crippen LogP contribution >= 0.6 is 0 Å². The highest BCUT2D eigenvalue weighted by Gasteiger charge is 2.05. The molecule has 104 valence electrons. The molecule has 5 heteroatoms. The zero-order valence-corrected chi connectivity index (χ0v) is 11.3. The number of methoxy groups -OCH3 is 2. The number of nitrogens with one attached hydrogen (secondary N) is 1. The molecule has 1 rings (SSSR count). The van der Waals surface area contributed by atoms with Gasteiger partial charge in [0.2, 0.25) is 0 Å².